The van der Waals surface area contributed by atoms with Crippen LogP contribution in [0.15, 0.2) is 17.5 Å². The molecule has 2 heterocycles. The van der Waals surface area contributed by atoms with Crippen LogP contribution in [0.4, 0.5) is 11.5 Å². The molecule has 1 aromatic heterocycles. The lowest BCUT2D eigenvalue weighted by Gasteiger charge is -2.44. The molecule has 0 aromatic carbocycles. The first kappa shape index (κ1) is 10.7. The van der Waals surface area contributed by atoms with Gasteiger partial charge in [-0.3, -0.25) is 0 Å². The molecule has 1 aromatic rings. The van der Waals surface area contributed by atoms with Gasteiger partial charge in [0.1, 0.15) is 17.7 Å². The zero-order valence-corrected chi connectivity index (χ0v) is 9.71. The summed E-state index contributed by atoms with van der Waals surface area (Å²) in [5.41, 5.74) is 0.101. The van der Waals surface area contributed by atoms with E-state index < -0.39 is 5.72 Å². The second kappa shape index (κ2) is 4.07. The maximum absolute atomic E-state index is 10.8. The van der Waals surface area contributed by atoms with E-state index in [1.165, 1.54) is 12.7 Å². The quantitative estimate of drug-likeness (QED) is 0.799. The zero-order valence-electron chi connectivity index (χ0n) is 9.71. The fraction of sp³-hybridized carbons (Fsp3) is 0.583. The number of rotatable bonds is 1. The summed E-state index contributed by atoms with van der Waals surface area (Å²) < 4.78 is 0. The summed E-state index contributed by atoms with van der Waals surface area (Å²) in [4.78, 5) is 14.4. The second-order valence-electron chi connectivity index (χ2n) is 4.70. The fourth-order valence-corrected chi connectivity index (χ4v) is 2.70. The van der Waals surface area contributed by atoms with E-state index in [0.29, 0.717) is 12.4 Å². The number of aromatic nitrogens is 2. The molecule has 0 atom stereocenters. The first-order valence-electron chi connectivity index (χ1n) is 6.12. The molecule has 1 fully saturated rings. The van der Waals surface area contributed by atoms with E-state index in [2.05, 4.69) is 15.0 Å². The Balaban J connectivity index is 1.96. The number of nitrogens with zero attached hydrogens (tertiary/aromatic N) is 4. The summed E-state index contributed by atoms with van der Waals surface area (Å²) in [6.07, 6.45) is 10.0. The molecule has 2 aliphatic rings. The molecular formula is C12H16N4O. The molecule has 0 spiro atoms. The van der Waals surface area contributed by atoms with Crippen LogP contribution in [0.3, 0.4) is 0 Å². The predicted molar refractivity (Wildman–Crippen MR) is 65.6 cm³/mol. The SMILES string of the molecule is OC1(N2CC=Nc3ncncc32)CCCCC1. The average Bonchev–Trinajstić information content (AvgIpc) is 2.39. The number of aliphatic imine (C=N–C) groups is 1. The Bertz CT molecular complexity index is 440. The van der Waals surface area contributed by atoms with E-state index >= 15 is 0 Å². The van der Waals surface area contributed by atoms with Crippen LogP contribution in [0.2, 0.25) is 0 Å². The number of anilines is 1. The summed E-state index contributed by atoms with van der Waals surface area (Å²) in [7, 11) is 0. The van der Waals surface area contributed by atoms with Crippen molar-refractivity contribution in [2.45, 2.75) is 37.8 Å². The van der Waals surface area contributed by atoms with Crippen molar-refractivity contribution in [3.05, 3.63) is 12.5 Å². The maximum atomic E-state index is 10.8. The van der Waals surface area contributed by atoms with Crippen molar-refractivity contribution in [2.75, 3.05) is 11.4 Å². The third-order valence-electron chi connectivity index (χ3n) is 3.60. The summed E-state index contributed by atoms with van der Waals surface area (Å²) in [5, 5.41) is 10.8. The van der Waals surface area contributed by atoms with Gasteiger partial charge >= 0.3 is 0 Å². The summed E-state index contributed by atoms with van der Waals surface area (Å²) in [5.74, 6) is 0.658. The largest absolute Gasteiger partial charge is 0.371 e. The van der Waals surface area contributed by atoms with Gasteiger partial charge in [0.05, 0.1) is 12.7 Å². The van der Waals surface area contributed by atoms with Crippen molar-refractivity contribution in [3.63, 3.8) is 0 Å². The second-order valence-corrected chi connectivity index (χ2v) is 4.70. The molecule has 5 nitrogen and oxygen atoms in total. The van der Waals surface area contributed by atoms with Gasteiger partial charge in [0, 0.05) is 6.21 Å². The van der Waals surface area contributed by atoms with E-state index in [4.69, 9.17) is 0 Å². The minimum atomic E-state index is -0.746. The van der Waals surface area contributed by atoms with Crippen LogP contribution in [-0.2, 0) is 0 Å². The van der Waals surface area contributed by atoms with E-state index in [-0.39, 0.29) is 0 Å². The lowest BCUT2D eigenvalue weighted by Crippen LogP contribution is -2.52. The predicted octanol–water partition coefficient (Wildman–Crippen LogP) is 1.65. The van der Waals surface area contributed by atoms with Gasteiger partial charge in [-0.2, -0.15) is 0 Å². The Labute approximate surface area is 100 Å². The van der Waals surface area contributed by atoms with Crippen molar-refractivity contribution in [1.29, 1.82) is 0 Å². The lowest BCUT2D eigenvalue weighted by molar-refractivity contribution is 0.00343. The van der Waals surface area contributed by atoms with Gasteiger partial charge in [-0.25, -0.2) is 15.0 Å². The number of hydrogen-bond acceptors (Lipinski definition) is 5. The zero-order chi connectivity index (χ0) is 11.7. The van der Waals surface area contributed by atoms with E-state index in [0.717, 1.165) is 31.4 Å². The standard InChI is InChI=1S/C12H16N4O/c17-12(4-2-1-3-5-12)16-7-6-14-11-10(16)8-13-9-15-11/h6,8-9,17H,1-5,7H2. The van der Waals surface area contributed by atoms with Crippen molar-refractivity contribution >= 4 is 17.7 Å². The van der Waals surface area contributed by atoms with E-state index in [9.17, 15) is 5.11 Å². The molecule has 0 saturated heterocycles. The maximum Gasteiger partial charge on any atom is 0.178 e. The third kappa shape index (κ3) is 1.80. The molecule has 17 heavy (non-hydrogen) atoms. The smallest absolute Gasteiger partial charge is 0.178 e. The van der Waals surface area contributed by atoms with Gasteiger partial charge in [-0.1, -0.05) is 6.42 Å². The molecule has 0 radical (unpaired) electrons. The number of aliphatic hydroxyl groups is 1. The minimum Gasteiger partial charge on any atom is -0.371 e. The summed E-state index contributed by atoms with van der Waals surface area (Å²) in [6.45, 7) is 0.636. The molecule has 5 heteroatoms. The molecule has 1 aliphatic heterocycles. The van der Waals surface area contributed by atoms with Gasteiger partial charge < -0.3 is 10.0 Å². The van der Waals surface area contributed by atoms with Gasteiger partial charge in [0.2, 0.25) is 0 Å². The molecule has 0 unspecified atom stereocenters. The molecule has 90 valence electrons. The highest BCUT2D eigenvalue weighted by molar-refractivity contribution is 5.79. The number of hydrogen-bond donors (Lipinski definition) is 1. The summed E-state index contributed by atoms with van der Waals surface area (Å²) in [6, 6.07) is 0. The highest BCUT2D eigenvalue weighted by Crippen LogP contribution is 2.38. The van der Waals surface area contributed by atoms with Gasteiger partial charge in [0.25, 0.3) is 0 Å². The van der Waals surface area contributed by atoms with Gasteiger partial charge in [-0.05, 0) is 25.7 Å². The lowest BCUT2D eigenvalue weighted by atomic mass is 9.90. The van der Waals surface area contributed by atoms with Crippen molar-refractivity contribution in [3.8, 4) is 0 Å². The Hall–Kier alpha value is -1.49. The van der Waals surface area contributed by atoms with Crippen LogP contribution in [0.1, 0.15) is 32.1 Å². The van der Waals surface area contributed by atoms with Crippen molar-refractivity contribution in [1.82, 2.24) is 9.97 Å². The highest BCUT2D eigenvalue weighted by atomic mass is 16.3. The summed E-state index contributed by atoms with van der Waals surface area (Å²) >= 11 is 0. The Morgan fingerprint density at radius 3 is 2.88 bits per heavy atom. The number of fused-ring (bicyclic) bond motifs is 1. The minimum absolute atomic E-state index is 0.636. The van der Waals surface area contributed by atoms with Crippen LogP contribution in [-0.4, -0.2) is 33.6 Å². The van der Waals surface area contributed by atoms with Gasteiger partial charge in [-0.15, -0.1) is 0 Å². The Morgan fingerprint density at radius 2 is 2.06 bits per heavy atom. The van der Waals surface area contributed by atoms with Crippen molar-refractivity contribution < 1.29 is 5.11 Å². The fourth-order valence-electron chi connectivity index (χ4n) is 2.70. The molecule has 0 amide bonds. The third-order valence-corrected chi connectivity index (χ3v) is 3.60. The van der Waals surface area contributed by atoms with E-state index in [1.807, 2.05) is 11.1 Å². The monoisotopic (exact) mass is 232 g/mol. The highest BCUT2D eigenvalue weighted by Gasteiger charge is 2.37. The van der Waals surface area contributed by atoms with E-state index in [1.54, 1.807) is 6.20 Å². The normalized spacial score (nSPS) is 22.3. The van der Waals surface area contributed by atoms with Crippen LogP contribution in [0.25, 0.3) is 0 Å². The molecule has 1 N–H and O–H groups in total. The van der Waals surface area contributed by atoms with Crippen LogP contribution < -0.4 is 4.90 Å². The molecule has 3 rings (SSSR count). The van der Waals surface area contributed by atoms with Gasteiger partial charge in [0.15, 0.2) is 5.82 Å². The Morgan fingerprint density at radius 1 is 1.24 bits per heavy atom. The van der Waals surface area contributed by atoms with Crippen LogP contribution in [0, 0.1) is 0 Å². The molecule has 1 saturated carbocycles. The topological polar surface area (TPSA) is 61.6 Å². The first-order chi connectivity index (χ1) is 8.30. The Kier molecular flexibility index (Phi) is 2.55. The van der Waals surface area contributed by atoms with Crippen LogP contribution in [0.5, 0.6) is 0 Å². The van der Waals surface area contributed by atoms with Crippen molar-refractivity contribution in [2.24, 2.45) is 4.99 Å². The molecule has 1 aliphatic carbocycles. The molecule has 0 bridgehead atoms. The first-order valence-corrected chi connectivity index (χ1v) is 6.12. The average molecular weight is 232 g/mol. The molecular weight excluding hydrogens is 216 g/mol. The van der Waals surface area contributed by atoms with Crippen LogP contribution >= 0.6 is 0 Å².